The van der Waals surface area contributed by atoms with Crippen LogP contribution < -0.4 is 0 Å². The molecule has 0 saturated carbocycles. The van der Waals surface area contributed by atoms with E-state index in [-0.39, 0.29) is 12.2 Å². The monoisotopic (exact) mass is 198 g/mol. The maximum Gasteiger partial charge on any atom is 0.375 e. The first-order valence-electron chi connectivity index (χ1n) is 4.05. The highest BCUT2D eigenvalue weighted by Gasteiger charge is 2.37. The molecule has 0 bridgehead atoms. The number of cyclic esters (lactones) is 1. The molecule has 0 radical (unpaired) electrons. The smallest absolute Gasteiger partial charge is 0.375 e. The largest absolute Gasteiger partial charge is 0.501 e. The van der Waals surface area contributed by atoms with Crippen LogP contribution in [0.4, 0.5) is 0 Å². The number of carbonyl (C=O) groups is 2. The van der Waals surface area contributed by atoms with E-state index in [4.69, 9.17) is 0 Å². The molecule has 5 heteroatoms. The third-order valence-corrected chi connectivity index (χ3v) is 1.68. The van der Waals surface area contributed by atoms with Crippen LogP contribution in [-0.4, -0.2) is 29.8 Å². The molecule has 1 aliphatic rings. The number of ether oxygens (including phenoxy) is 2. The molecule has 1 N–H and O–H groups in total. The molecule has 0 aliphatic carbocycles. The van der Waals surface area contributed by atoms with Crippen molar-refractivity contribution in [1.29, 1.82) is 0 Å². The van der Waals surface area contributed by atoms with Gasteiger partial charge in [-0.15, -0.1) is 0 Å². The summed E-state index contributed by atoms with van der Waals surface area (Å²) >= 11 is 0. The molecule has 1 aliphatic heterocycles. The van der Waals surface area contributed by atoms with Gasteiger partial charge < -0.3 is 14.6 Å². The first-order chi connectivity index (χ1) is 6.61. The Morgan fingerprint density at radius 3 is 2.93 bits per heavy atom. The number of rotatable bonds is 3. The van der Waals surface area contributed by atoms with Crippen molar-refractivity contribution in [3.05, 3.63) is 24.0 Å². The van der Waals surface area contributed by atoms with Gasteiger partial charge in [0, 0.05) is 0 Å². The van der Waals surface area contributed by atoms with E-state index in [0.717, 1.165) is 0 Å². The van der Waals surface area contributed by atoms with E-state index in [9.17, 15) is 14.7 Å². The number of carbonyl (C=O) groups excluding carboxylic acids is 2. The van der Waals surface area contributed by atoms with Crippen LogP contribution in [0.15, 0.2) is 24.0 Å². The Kier molecular flexibility index (Phi) is 2.91. The van der Waals surface area contributed by atoms with E-state index in [0.29, 0.717) is 0 Å². The van der Waals surface area contributed by atoms with Crippen LogP contribution >= 0.6 is 0 Å². The molecule has 76 valence electrons. The van der Waals surface area contributed by atoms with Gasteiger partial charge in [-0.1, -0.05) is 6.58 Å². The minimum absolute atomic E-state index is 0.160. The highest BCUT2D eigenvalue weighted by molar-refractivity contribution is 6.03. The zero-order valence-electron chi connectivity index (χ0n) is 7.65. The highest BCUT2D eigenvalue weighted by Crippen LogP contribution is 2.22. The van der Waals surface area contributed by atoms with Crippen molar-refractivity contribution in [2.24, 2.45) is 0 Å². The number of hydrogen-bond donors (Lipinski definition) is 1. The minimum atomic E-state index is -0.932. The van der Waals surface area contributed by atoms with Gasteiger partial charge in [0.15, 0.2) is 6.10 Å². The zero-order valence-corrected chi connectivity index (χ0v) is 7.65. The average Bonchev–Trinajstić information content (AvgIpc) is 2.43. The maximum absolute atomic E-state index is 11.3. The molecule has 0 aromatic carbocycles. The van der Waals surface area contributed by atoms with Gasteiger partial charge in [-0.25, -0.2) is 9.59 Å². The predicted octanol–water partition coefficient (Wildman–Crippen LogP) is 0.473. The lowest BCUT2D eigenvalue weighted by Crippen LogP contribution is -2.17. The molecular weight excluding hydrogens is 188 g/mol. The molecule has 1 rings (SSSR count). The molecule has 14 heavy (non-hydrogen) atoms. The van der Waals surface area contributed by atoms with Crippen molar-refractivity contribution in [3.8, 4) is 0 Å². The Morgan fingerprint density at radius 2 is 2.43 bits per heavy atom. The van der Waals surface area contributed by atoms with Crippen LogP contribution in [-0.2, 0) is 19.1 Å². The van der Waals surface area contributed by atoms with Crippen molar-refractivity contribution >= 4 is 11.9 Å². The summed E-state index contributed by atoms with van der Waals surface area (Å²) in [5, 5.41) is 9.21. The second-order valence-corrected chi connectivity index (χ2v) is 2.54. The van der Waals surface area contributed by atoms with E-state index in [1.807, 2.05) is 0 Å². The van der Waals surface area contributed by atoms with Crippen molar-refractivity contribution < 1.29 is 24.2 Å². The lowest BCUT2D eigenvalue weighted by Gasteiger charge is -2.06. The maximum atomic E-state index is 11.3. The number of aliphatic hydroxyl groups is 1. The molecule has 1 heterocycles. The second kappa shape index (κ2) is 3.95. The molecule has 5 nitrogen and oxygen atoms in total. The third kappa shape index (κ3) is 1.61. The summed E-state index contributed by atoms with van der Waals surface area (Å²) in [5.74, 6) is -2.40. The lowest BCUT2D eigenvalue weighted by atomic mass is 10.1. The Hall–Kier alpha value is -1.78. The van der Waals surface area contributed by atoms with Crippen LogP contribution in [0.5, 0.6) is 0 Å². The number of hydrogen-bond acceptors (Lipinski definition) is 5. The van der Waals surface area contributed by atoms with Crippen molar-refractivity contribution in [2.45, 2.75) is 13.0 Å². The fraction of sp³-hybridized carbons (Fsp3) is 0.333. The van der Waals surface area contributed by atoms with Crippen molar-refractivity contribution in [2.75, 3.05) is 6.61 Å². The molecule has 1 atom stereocenters. The number of aliphatic hydroxyl groups excluding tert-OH is 1. The summed E-state index contributed by atoms with van der Waals surface area (Å²) in [7, 11) is 0. The summed E-state index contributed by atoms with van der Waals surface area (Å²) in [6.45, 7) is 5.16. The van der Waals surface area contributed by atoms with Gasteiger partial charge in [-0.2, -0.15) is 0 Å². The summed E-state index contributed by atoms with van der Waals surface area (Å²) < 4.78 is 9.26. The Balaban J connectivity index is 2.97. The molecule has 0 aromatic rings. The Bertz CT molecular complexity index is 315. The molecule has 0 spiro atoms. The first kappa shape index (κ1) is 10.3. The van der Waals surface area contributed by atoms with E-state index in [1.165, 1.54) is 6.08 Å². The van der Waals surface area contributed by atoms with E-state index < -0.39 is 23.8 Å². The molecule has 0 aromatic heterocycles. The first-order valence-corrected chi connectivity index (χ1v) is 4.05. The Labute approximate surface area is 80.6 Å². The fourth-order valence-electron chi connectivity index (χ4n) is 1.06. The molecule has 1 unspecified atom stereocenters. The van der Waals surface area contributed by atoms with Crippen LogP contribution in [0.1, 0.15) is 6.92 Å². The highest BCUT2D eigenvalue weighted by atomic mass is 16.6. The SMILES string of the molecule is C=CC1OC(=O)C(O)=C1C(=O)OCC. The van der Waals surface area contributed by atoms with E-state index in [1.54, 1.807) is 6.92 Å². The Morgan fingerprint density at radius 1 is 1.79 bits per heavy atom. The topological polar surface area (TPSA) is 72.8 Å². The third-order valence-electron chi connectivity index (χ3n) is 1.68. The van der Waals surface area contributed by atoms with Crippen LogP contribution in [0, 0.1) is 0 Å². The van der Waals surface area contributed by atoms with Gasteiger partial charge in [0.25, 0.3) is 0 Å². The van der Waals surface area contributed by atoms with Gasteiger partial charge in [0.2, 0.25) is 5.76 Å². The van der Waals surface area contributed by atoms with Gasteiger partial charge in [0.05, 0.1) is 6.61 Å². The molecular formula is C9H10O5. The van der Waals surface area contributed by atoms with Gasteiger partial charge >= 0.3 is 11.9 Å². The standard InChI is InChI=1S/C9H10O5/c1-3-5-6(8(11)13-4-2)7(10)9(12)14-5/h3,5,10H,1,4H2,2H3. The fourth-order valence-corrected chi connectivity index (χ4v) is 1.06. The minimum Gasteiger partial charge on any atom is -0.501 e. The van der Waals surface area contributed by atoms with E-state index in [2.05, 4.69) is 16.1 Å². The van der Waals surface area contributed by atoms with Crippen LogP contribution in [0.25, 0.3) is 0 Å². The van der Waals surface area contributed by atoms with Gasteiger partial charge in [-0.3, -0.25) is 0 Å². The van der Waals surface area contributed by atoms with Gasteiger partial charge in [-0.05, 0) is 13.0 Å². The van der Waals surface area contributed by atoms with Crippen molar-refractivity contribution in [1.82, 2.24) is 0 Å². The summed E-state index contributed by atoms with van der Waals surface area (Å²) in [4.78, 5) is 22.1. The lowest BCUT2D eigenvalue weighted by molar-refractivity contribution is -0.141. The molecule has 0 fully saturated rings. The summed E-state index contributed by atoms with van der Waals surface area (Å²) in [6, 6.07) is 0. The molecule has 0 saturated heterocycles. The molecule has 0 amide bonds. The van der Waals surface area contributed by atoms with Crippen molar-refractivity contribution in [3.63, 3.8) is 0 Å². The zero-order chi connectivity index (χ0) is 10.7. The van der Waals surface area contributed by atoms with Gasteiger partial charge in [0.1, 0.15) is 5.57 Å². The quantitative estimate of drug-likeness (QED) is 0.527. The normalized spacial score (nSPS) is 20.6. The van der Waals surface area contributed by atoms with E-state index >= 15 is 0 Å². The average molecular weight is 198 g/mol. The van der Waals surface area contributed by atoms with Crippen LogP contribution in [0.3, 0.4) is 0 Å². The predicted molar refractivity (Wildman–Crippen MR) is 46.4 cm³/mol. The summed E-state index contributed by atoms with van der Waals surface area (Å²) in [5.41, 5.74) is -0.188. The summed E-state index contributed by atoms with van der Waals surface area (Å²) in [6.07, 6.45) is 0.328. The van der Waals surface area contributed by atoms with Crippen LogP contribution in [0.2, 0.25) is 0 Å². The second-order valence-electron chi connectivity index (χ2n) is 2.54. The number of esters is 2.